The van der Waals surface area contributed by atoms with Gasteiger partial charge in [-0.3, -0.25) is 4.68 Å². The Morgan fingerprint density at radius 1 is 1.00 bits per heavy atom. The van der Waals surface area contributed by atoms with Crippen molar-refractivity contribution in [2.24, 2.45) is 7.05 Å². The topological polar surface area (TPSA) is 29.9 Å². The third-order valence-electron chi connectivity index (χ3n) is 4.00. The molecule has 0 aliphatic rings. The van der Waals surface area contributed by atoms with Gasteiger partial charge in [0.1, 0.15) is 0 Å². The first-order chi connectivity index (χ1) is 10.2. The molecule has 0 saturated carbocycles. The minimum atomic E-state index is 0.818. The number of nitrogens with zero attached hydrogens (tertiary/aromatic N) is 2. The third-order valence-corrected chi connectivity index (χ3v) is 4.44. The molecule has 0 bridgehead atoms. The maximum atomic E-state index is 6.33. The lowest BCUT2D eigenvalue weighted by Crippen LogP contribution is -2.17. The Balaban J connectivity index is 2.06. The van der Waals surface area contributed by atoms with Crippen molar-refractivity contribution in [3.8, 4) is 0 Å². The largest absolute Gasteiger partial charge is 0.311 e. The predicted molar refractivity (Wildman–Crippen MR) is 91.9 cm³/mol. The number of aromatic nitrogens is 2. The van der Waals surface area contributed by atoms with Crippen molar-refractivity contribution < 1.29 is 0 Å². The predicted octanol–water partition coefficient (Wildman–Crippen LogP) is 4.87. The van der Waals surface area contributed by atoms with Gasteiger partial charge < -0.3 is 5.32 Å². The molecular formula is C17H32ClN3. The number of hydrogen-bond acceptors (Lipinski definition) is 2. The molecule has 0 radical (unpaired) electrons. The molecule has 0 amide bonds. The van der Waals surface area contributed by atoms with Crippen LogP contribution in [0.2, 0.25) is 5.02 Å². The van der Waals surface area contributed by atoms with Crippen LogP contribution < -0.4 is 5.32 Å². The average Bonchev–Trinajstić information content (AvgIpc) is 2.76. The smallest absolute Gasteiger partial charge is 0.0863 e. The lowest BCUT2D eigenvalue weighted by Gasteiger charge is -2.06. The summed E-state index contributed by atoms with van der Waals surface area (Å²) >= 11 is 6.33. The molecule has 4 heteroatoms. The van der Waals surface area contributed by atoms with Gasteiger partial charge in [0.15, 0.2) is 0 Å². The average molecular weight is 314 g/mol. The van der Waals surface area contributed by atoms with Gasteiger partial charge in [-0.05, 0) is 19.4 Å². The number of unbranched alkanes of at least 4 members (excludes halogenated alkanes) is 7. The van der Waals surface area contributed by atoms with Crippen LogP contribution in [0.1, 0.15) is 76.6 Å². The van der Waals surface area contributed by atoms with E-state index in [1.165, 1.54) is 51.4 Å². The molecule has 0 saturated heterocycles. The van der Waals surface area contributed by atoms with Crippen LogP contribution in [0.3, 0.4) is 0 Å². The monoisotopic (exact) mass is 313 g/mol. The minimum Gasteiger partial charge on any atom is -0.311 e. The molecule has 3 nitrogen and oxygen atoms in total. The van der Waals surface area contributed by atoms with E-state index >= 15 is 0 Å². The zero-order valence-electron chi connectivity index (χ0n) is 14.1. The minimum absolute atomic E-state index is 0.818. The molecule has 0 unspecified atom stereocenters. The van der Waals surface area contributed by atoms with Crippen molar-refractivity contribution in [2.45, 2.75) is 78.2 Å². The van der Waals surface area contributed by atoms with E-state index in [0.717, 1.165) is 35.9 Å². The van der Waals surface area contributed by atoms with Gasteiger partial charge in [-0.1, -0.05) is 70.4 Å². The van der Waals surface area contributed by atoms with Gasteiger partial charge in [0.2, 0.25) is 0 Å². The SMILES string of the molecule is CCCCCCCCCCNCc1c(Cl)c(CC)nn1C. The van der Waals surface area contributed by atoms with Gasteiger partial charge >= 0.3 is 0 Å². The first-order valence-electron chi connectivity index (χ1n) is 8.61. The molecule has 21 heavy (non-hydrogen) atoms. The molecule has 1 heterocycles. The van der Waals surface area contributed by atoms with Crippen LogP contribution in [0.25, 0.3) is 0 Å². The maximum Gasteiger partial charge on any atom is 0.0863 e. The molecule has 0 aromatic carbocycles. The van der Waals surface area contributed by atoms with Gasteiger partial charge in [-0.25, -0.2) is 0 Å². The van der Waals surface area contributed by atoms with Crippen molar-refractivity contribution in [3.05, 3.63) is 16.4 Å². The Morgan fingerprint density at radius 2 is 1.62 bits per heavy atom. The molecule has 0 atom stereocenters. The summed E-state index contributed by atoms with van der Waals surface area (Å²) in [5.74, 6) is 0. The van der Waals surface area contributed by atoms with Crippen LogP contribution in [0.15, 0.2) is 0 Å². The van der Waals surface area contributed by atoms with Crippen molar-refractivity contribution in [3.63, 3.8) is 0 Å². The molecule has 0 spiro atoms. The number of halogens is 1. The summed E-state index contributed by atoms with van der Waals surface area (Å²) in [6.07, 6.45) is 11.8. The maximum absolute atomic E-state index is 6.33. The first-order valence-corrected chi connectivity index (χ1v) is 8.99. The zero-order chi connectivity index (χ0) is 15.5. The summed E-state index contributed by atoms with van der Waals surface area (Å²) < 4.78 is 1.90. The fourth-order valence-electron chi connectivity index (χ4n) is 2.60. The van der Waals surface area contributed by atoms with E-state index in [4.69, 9.17) is 11.6 Å². The molecule has 0 fully saturated rings. The lowest BCUT2D eigenvalue weighted by molar-refractivity contribution is 0.547. The summed E-state index contributed by atoms with van der Waals surface area (Å²) in [6.45, 7) is 6.24. The van der Waals surface area contributed by atoms with Gasteiger partial charge in [0, 0.05) is 13.6 Å². The number of rotatable bonds is 12. The number of nitrogens with one attached hydrogen (secondary N) is 1. The van der Waals surface area contributed by atoms with E-state index in [0.29, 0.717) is 0 Å². The Hall–Kier alpha value is -0.540. The first kappa shape index (κ1) is 18.5. The summed E-state index contributed by atoms with van der Waals surface area (Å²) in [5.41, 5.74) is 2.11. The summed E-state index contributed by atoms with van der Waals surface area (Å²) in [6, 6.07) is 0. The van der Waals surface area contributed by atoms with E-state index in [2.05, 4.69) is 24.3 Å². The highest BCUT2D eigenvalue weighted by Gasteiger charge is 2.11. The highest BCUT2D eigenvalue weighted by atomic mass is 35.5. The highest BCUT2D eigenvalue weighted by Crippen LogP contribution is 2.20. The van der Waals surface area contributed by atoms with Crippen molar-refractivity contribution >= 4 is 11.6 Å². The Kier molecular flexibility index (Phi) is 9.77. The normalized spacial score (nSPS) is 11.2. The second kappa shape index (κ2) is 11.1. The number of aryl methyl sites for hydroxylation is 2. The molecule has 1 aromatic rings. The zero-order valence-corrected chi connectivity index (χ0v) is 14.8. The highest BCUT2D eigenvalue weighted by molar-refractivity contribution is 6.31. The van der Waals surface area contributed by atoms with Crippen LogP contribution in [0, 0.1) is 0 Å². The van der Waals surface area contributed by atoms with E-state index in [1.54, 1.807) is 0 Å². The van der Waals surface area contributed by atoms with E-state index in [1.807, 2.05) is 11.7 Å². The Labute approximate surface area is 135 Å². The lowest BCUT2D eigenvalue weighted by atomic mass is 10.1. The molecular weight excluding hydrogens is 282 g/mol. The van der Waals surface area contributed by atoms with E-state index < -0.39 is 0 Å². The van der Waals surface area contributed by atoms with E-state index in [-0.39, 0.29) is 0 Å². The third kappa shape index (κ3) is 6.84. The molecule has 1 rings (SSSR count). The molecule has 0 aliphatic carbocycles. The number of hydrogen-bond donors (Lipinski definition) is 1. The fraction of sp³-hybridized carbons (Fsp3) is 0.824. The second-order valence-electron chi connectivity index (χ2n) is 5.84. The Morgan fingerprint density at radius 3 is 2.19 bits per heavy atom. The summed E-state index contributed by atoms with van der Waals surface area (Å²) in [7, 11) is 1.97. The quantitative estimate of drug-likeness (QED) is 0.558. The second-order valence-corrected chi connectivity index (χ2v) is 6.21. The van der Waals surface area contributed by atoms with Crippen LogP contribution in [-0.2, 0) is 20.0 Å². The van der Waals surface area contributed by atoms with Crippen LogP contribution in [0.5, 0.6) is 0 Å². The van der Waals surface area contributed by atoms with Gasteiger partial charge in [-0.15, -0.1) is 0 Å². The van der Waals surface area contributed by atoms with Gasteiger partial charge in [0.05, 0.1) is 16.4 Å². The van der Waals surface area contributed by atoms with Crippen molar-refractivity contribution in [1.82, 2.24) is 15.1 Å². The van der Waals surface area contributed by atoms with Crippen molar-refractivity contribution in [2.75, 3.05) is 6.54 Å². The molecule has 1 N–H and O–H groups in total. The van der Waals surface area contributed by atoms with Crippen LogP contribution in [-0.4, -0.2) is 16.3 Å². The molecule has 122 valence electrons. The standard InChI is InChI=1S/C17H32ClN3/c1-4-6-7-8-9-10-11-12-13-19-14-16-17(18)15(5-2)20-21(16)3/h19H,4-14H2,1-3H3. The van der Waals surface area contributed by atoms with Crippen LogP contribution >= 0.6 is 11.6 Å². The van der Waals surface area contributed by atoms with Crippen molar-refractivity contribution in [1.29, 1.82) is 0 Å². The van der Waals surface area contributed by atoms with Gasteiger partial charge in [0.25, 0.3) is 0 Å². The molecule has 1 aromatic heterocycles. The van der Waals surface area contributed by atoms with Crippen LogP contribution in [0.4, 0.5) is 0 Å². The molecule has 0 aliphatic heterocycles. The fourth-order valence-corrected chi connectivity index (χ4v) is 2.96. The van der Waals surface area contributed by atoms with E-state index in [9.17, 15) is 0 Å². The Bertz CT molecular complexity index is 388. The van der Waals surface area contributed by atoms with Gasteiger partial charge in [-0.2, -0.15) is 5.10 Å². The summed E-state index contributed by atoms with van der Waals surface area (Å²) in [5, 5.41) is 8.76. The summed E-state index contributed by atoms with van der Waals surface area (Å²) in [4.78, 5) is 0.